The molecule has 0 aromatic carbocycles. The van der Waals surface area contributed by atoms with Gasteiger partial charge in [-0.3, -0.25) is 4.90 Å². The third-order valence-corrected chi connectivity index (χ3v) is 2.13. The number of likely N-dealkylation sites (tertiary alicyclic amines) is 1. The lowest BCUT2D eigenvalue weighted by Crippen LogP contribution is -2.19. The van der Waals surface area contributed by atoms with Gasteiger partial charge in [0, 0.05) is 13.1 Å². The first-order chi connectivity index (χ1) is 3.83. The normalized spacial score (nSPS) is 31.5. The van der Waals surface area contributed by atoms with Gasteiger partial charge in [-0.1, -0.05) is 15.9 Å². The maximum Gasteiger partial charge on any atom is 0.0679 e. The van der Waals surface area contributed by atoms with E-state index in [-0.39, 0.29) is 6.10 Å². The van der Waals surface area contributed by atoms with E-state index < -0.39 is 0 Å². The van der Waals surface area contributed by atoms with Gasteiger partial charge in [-0.2, -0.15) is 0 Å². The number of rotatable bonds is 1. The van der Waals surface area contributed by atoms with Crippen LogP contribution in [0.25, 0.3) is 0 Å². The molecule has 0 amide bonds. The number of aliphatic hydroxyl groups is 1. The molecule has 1 saturated heterocycles. The van der Waals surface area contributed by atoms with E-state index in [0.717, 1.165) is 25.0 Å². The molecule has 1 atom stereocenters. The van der Waals surface area contributed by atoms with Crippen molar-refractivity contribution < 1.29 is 5.11 Å². The lowest BCUT2D eigenvalue weighted by molar-refractivity contribution is 0.182. The third-order valence-electron chi connectivity index (χ3n) is 1.42. The van der Waals surface area contributed by atoms with Crippen molar-refractivity contribution in [3.63, 3.8) is 0 Å². The number of halogens is 1. The summed E-state index contributed by atoms with van der Waals surface area (Å²) in [5, 5.41) is 8.97. The Morgan fingerprint density at radius 2 is 2.50 bits per heavy atom. The number of aliphatic hydroxyl groups excluding tert-OH is 1. The summed E-state index contributed by atoms with van der Waals surface area (Å²) < 4.78 is 0. The predicted octanol–water partition coefficient (Wildman–Crippen LogP) is 0.405. The van der Waals surface area contributed by atoms with Crippen molar-refractivity contribution in [3.8, 4) is 0 Å². The number of hydrogen-bond acceptors (Lipinski definition) is 2. The first-order valence-corrected chi connectivity index (χ1v) is 3.91. The molecule has 8 heavy (non-hydrogen) atoms. The zero-order valence-electron chi connectivity index (χ0n) is 4.68. The van der Waals surface area contributed by atoms with E-state index in [0.29, 0.717) is 0 Å². The molecule has 1 N–H and O–H groups in total. The van der Waals surface area contributed by atoms with Crippen LogP contribution in [0.2, 0.25) is 0 Å². The van der Waals surface area contributed by atoms with Crippen LogP contribution in [-0.2, 0) is 0 Å². The summed E-state index contributed by atoms with van der Waals surface area (Å²) in [6.45, 7) is 1.87. The van der Waals surface area contributed by atoms with Crippen LogP contribution in [0.3, 0.4) is 0 Å². The monoisotopic (exact) mass is 179 g/mol. The molecule has 0 unspecified atom stereocenters. The molecule has 0 bridgehead atoms. The molecule has 1 aliphatic heterocycles. The largest absolute Gasteiger partial charge is 0.392 e. The van der Waals surface area contributed by atoms with Gasteiger partial charge in [0.2, 0.25) is 0 Å². The molecule has 1 fully saturated rings. The van der Waals surface area contributed by atoms with E-state index in [1.165, 1.54) is 0 Å². The fourth-order valence-electron chi connectivity index (χ4n) is 0.921. The zero-order valence-corrected chi connectivity index (χ0v) is 6.26. The van der Waals surface area contributed by atoms with Gasteiger partial charge >= 0.3 is 0 Å². The van der Waals surface area contributed by atoms with Gasteiger partial charge in [0.15, 0.2) is 0 Å². The minimum absolute atomic E-state index is 0.0763. The number of alkyl halides is 1. The highest BCUT2D eigenvalue weighted by molar-refractivity contribution is 9.09. The summed E-state index contributed by atoms with van der Waals surface area (Å²) in [5.41, 5.74) is 0.893. The van der Waals surface area contributed by atoms with E-state index in [1.54, 1.807) is 0 Å². The molecule has 0 aliphatic carbocycles. The predicted molar refractivity (Wildman–Crippen MR) is 36.0 cm³/mol. The molecular formula is C5H10BrNO. The van der Waals surface area contributed by atoms with Crippen LogP contribution in [0.5, 0.6) is 0 Å². The van der Waals surface area contributed by atoms with Crippen LogP contribution < -0.4 is 0 Å². The Morgan fingerprint density at radius 3 is 2.75 bits per heavy atom. The van der Waals surface area contributed by atoms with E-state index in [2.05, 4.69) is 20.8 Å². The van der Waals surface area contributed by atoms with Crippen LogP contribution in [0.1, 0.15) is 6.42 Å². The highest BCUT2D eigenvalue weighted by Gasteiger charge is 2.17. The van der Waals surface area contributed by atoms with Gasteiger partial charge in [0.25, 0.3) is 0 Å². The van der Waals surface area contributed by atoms with E-state index in [1.807, 2.05) is 0 Å². The molecule has 48 valence electrons. The van der Waals surface area contributed by atoms with Gasteiger partial charge < -0.3 is 5.11 Å². The van der Waals surface area contributed by atoms with E-state index in [9.17, 15) is 0 Å². The smallest absolute Gasteiger partial charge is 0.0679 e. The minimum Gasteiger partial charge on any atom is -0.392 e. The Balaban J connectivity index is 2.22. The van der Waals surface area contributed by atoms with E-state index in [4.69, 9.17) is 5.11 Å². The average molecular weight is 180 g/mol. The molecule has 0 aromatic rings. The highest BCUT2D eigenvalue weighted by Crippen LogP contribution is 2.08. The number of β-amino-alcohol motifs (C(OH)–C–C–N with tert-alkyl or cyclic N) is 1. The quantitative estimate of drug-likeness (QED) is 0.466. The fourth-order valence-corrected chi connectivity index (χ4v) is 1.38. The Labute approximate surface area is 57.6 Å². The van der Waals surface area contributed by atoms with Crippen LogP contribution >= 0.6 is 15.9 Å². The maximum atomic E-state index is 8.97. The second kappa shape index (κ2) is 2.80. The van der Waals surface area contributed by atoms with Gasteiger partial charge in [-0.15, -0.1) is 0 Å². The molecule has 2 nitrogen and oxygen atoms in total. The molecule has 0 aromatic heterocycles. The second-order valence-corrected chi connectivity index (χ2v) is 2.64. The van der Waals surface area contributed by atoms with Crippen molar-refractivity contribution >= 4 is 15.9 Å². The van der Waals surface area contributed by atoms with Crippen molar-refractivity contribution in [3.05, 3.63) is 0 Å². The van der Waals surface area contributed by atoms with Gasteiger partial charge in [-0.05, 0) is 6.42 Å². The molecule has 0 spiro atoms. The SMILES string of the molecule is O[C@@H]1CCN(CBr)C1. The van der Waals surface area contributed by atoms with Crippen molar-refractivity contribution in [1.82, 2.24) is 4.90 Å². The summed E-state index contributed by atoms with van der Waals surface area (Å²) in [4.78, 5) is 2.17. The Hall–Kier alpha value is 0.400. The number of hydrogen-bond donors (Lipinski definition) is 1. The molecule has 1 heterocycles. The Morgan fingerprint density at radius 1 is 1.75 bits per heavy atom. The topological polar surface area (TPSA) is 23.5 Å². The molecule has 0 radical (unpaired) electrons. The summed E-state index contributed by atoms with van der Waals surface area (Å²) in [6.07, 6.45) is 0.860. The summed E-state index contributed by atoms with van der Waals surface area (Å²) in [6, 6.07) is 0. The van der Waals surface area contributed by atoms with Crippen LogP contribution in [0.4, 0.5) is 0 Å². The lowest BCUT2D eigenvalue weighted by Gasteiger charge is -2.07. The Bertz CT molecular complexity index is 78.8. The zero-order chi connectivity index (χ0) is 5.98. The summed E-state index contributed by atoms with van der Waals surface area (Å²) >= 11 is 3.32. The van der Waals surface area contributed by atoms with Gasteiger partial charge in [-0.25, -0.2) is 0 Å². The first kappa shape index (κ1) is 6.52. The molecule has 1 rings (SSSR count). The van der Waals surface area contributed by atoms with Crippen LogP contribution in [0.15, 0.2) is 0 Å². The summed E-state index contributed by atoms with van der Waals surface area (Å²) in [5.74, 6) is 0. The molecule has 0 saturated carbocycles. The lowest BCUT2D eigenvalue weighted by atomic mass is 10.3. The molecular weight excluding hydrogens is 170 g/mol. The van der Waals surface area contributed by atoms with Gasteiger partial charge in [0.1, 0.15) is 0 Å². The fraction of sp³-hybridized carbons (Fsp3) is 1.00. The second-order valence-electron chi connectivity index (χ2n) is 2.14. The van der Waals surface area contributed by atoms with E-state index >= 15 is 0 Å². The van der Waals surface area contributed by atoms with Crippen LogP contribution in [0, 0.1) is 0 Å². The number of nitrogens with zero attached hydrogens (tertiary/aromatic N) is 1. The average Bonchev–Trinajstić information content (AvgIpc) is 2.14. The minimum atomic E-state index is -0.0763. The van der Waals surface area contributed by atoms with Crippen molar-refractivity contribution in [2.45, 2.75) is 12.5 Å². The van der Waals surface area contributed by atoms with Crippen molar-refractivity contribution in [2.24, 2.45) is 0 Å². The maximum absolute atomic E-state index is 8.97. The Kier molecular flexibility index (Phi) is 2.28. The standard InChI is InChI=1S/C5H10BrNO/c6-4-7-2-1-5(8)3-7/h5,8H,1-4H2/t5-/m1/s1. The highest BCUT2D eigenvalue weighted by atomic mass is 79.9. The first-order valence-electron chi connectivity index (χ1n) is 2.79. The molecule has 1 aliphatic rings. The van der Waals surface area contributed by atoms with Crippen molar-refractivity contribution in [1.29, 1.82) is 0 Å². The molecule has 3 heteroatoms. The van der Waals surface area contributed by atoms with Crippen molar-refractivity contribution in [2.75, 3.05) is 18.5 Å². The van der Waals surface area contributed by atoms with Crippen LogP contribution in [-0.4, -0.2) is 34.7 Å². The third kappa shape index (κ3) is 1.44. The summed E-state index contributed by atoms with van der Waals surface area (Å²) in [7, 11) is 0. The van der Waals surface area contributed by atoms with Gasteiger partial charge in [0.05, 0.1) is 11.6 Å².